The standard InChI is InChI=1S/C20H17NO5S2/c1-25-15-8-7-14(9-16(15)26-12-13-5-3-2-4-6-13)10-17-19(24)21(11-18(22)23)20(27)28-17/h2-10H,11-12H2,1H3,(H,22,23)/p-1/b17-10+. The van der Waals surface area contributed by atoms with Crippen LogP contribution in [0.15, 0.2) is 53.4 Å². The molecule has 0 unspecified atom stereocenters. The van der Waals surface area contributed by atoms with Crippen molar-refractivity contribution in [2.24, 2.45) is 0 Å². The van der Waals surface area contributed by atoms with Crippen molar-refractivity contribution in [1.29, 1.82) is 0 Å². The minimum Gasteiger partial charge on any atom is -0.548 e. The van der Waals surface area contributed by atoms with Gasteiger partial charge in [-0.3, -0.25) is 9.69 Å². The van der Waals surface area contributed by atoms with Gasteiger partial charge in [0, 0.05) is 0 Å². The molecule has 0 aromatic heterocycles. The van der Waals surface area contributed by atoms with Crippen LogP contribution in [0.2, 0.25) is 0 Å². The first-order valence-corrected chi connectivity index (χ1v) is 9.50. The zero-order valence-electron chi connectivity index (χ0n) is 14.9. The zero-order chi connectivity index (χ0) is 20.1. The van der Waals surface area contributed by atoms with Gasteiger partial charge < -0.3 is 19.4 Å². The van der Waals surface area contributed by atoms with E-state index in [0.717, 1.165) is 22.2 Å². The number of carbonyl (C=O) groups excluding carboxylic acids is 2. The van der Waals surface area contributed by atoms with Crippen LogP contribution in [0, 0.1) is 0 Å². The van der Waals surface area contributed by atoms with E-state index in [4.69, 9.17) is 21.7 Å². The largest absolute Gasteiger partial charge is 0.548 e. The first kappa shape index (κ1) is 19.9. The molecule has 144 valence electrons. The predicted octanol–water partition coefficient (Wildman–Crippen LogP) is 2.23. The summed E-state index contributed by atoms with van der Waals surface area (Å²) in [6, 6.07) is 15.0. The molecule has 3 rings (SSSR count). The molecule has 1 aliphatic heterocycles. The van der Waals surface area contributed by atoms with Crippen LogP contribution in [0.25, 0.3) is 6.08 Å². The Morgan fingerprint density at radius 3 is 2.64 bits per heavy atom. The molecule has 8 heteroatoms. The van der Waals surface area contributed by atoms with Gasteiger partial charge >= 0.3 is 0 Å². The SMILES string of the molecule is COc1ccc(/C=C2/SC(=S)N(CC(=O)[O-])C2=O)cc1OCc1ccccc1. The third-order valence-electron chi connectivity index (χ3n) is 3.88. The molecule has 6 nitrogen and oxygen atoms in total. The normalized spacial score (nSPS) is 15.2. The molecule has 0 atom stereocenters. The lowest BCUT2D eigenvalue weighted by molar-refractivity contribution is -0.305. The molecule has 1 aliphatic rings. The lowest BCUT2D eigenvalue weighted by Gasteiger charge is -2.14. The summed E-state index contributed by atoms with van der Waals surface area (Å²) in [7, 11) is 1.55. The van der Waals surface area contributed by atoms with E-state index in [1.165, 1.54) is 0 Å². The van der Waals surface area contributed by atoms with Crippen molar-refractivity contribution in [3.8, 4) is 11.5 Å². The van der Waals surface area contributed by atoms with Gasteiger partial charge in [0.15, 0.2) is 11.5 Å². The van der Waals surface area contributed by atoms with E-state index in [2.05, 4.69) is 0 Å². The number of hydrogen-bond acceptors (Lipinski definition) is 7. The highest BCUT2D eigenvalue weighted by atomic mass is 32.2. The minimum absolute atomic E-state index is 0.189. The monoisotopic (exact) mass is 414 g/mol. The Morgan fingerprint density at radius 2 is 1.96 bits per heavy atom. The highest BCUT2D eigenvalue weighted by Gasteiger charge is 2.31. The van der Waals surface area contributed by atoms with E-state index >= 15 is 0 Å². The number of rotatable bonds is 7. The third kappa shape index (κ3) is 4.71. The Balaban J connectivity index is 1.81. The number of ether oxygens (including phenoxy) is 2. The fourth-order valence-electron chi connectivity index (χ4n) is 2.55. The molecule has 1 heterocycles. The van der Waals surface area contributed by atoms with Crippen LogP contribution in [0.5, 0.6) is 11.5 Å². The maximum atomic E-state index is 12.4. The third-order valence-corrected chi connectivity index (χ3v) is 5.26. The van der Waals surface area contributed by atoms with Crippen LogP contribution in [0.4, 0.5) is 0 Å². The first-order valence-electron chi connectivity index (χ1n) is 8.28. The highest BCUT2D eigenvalue weighted by molar-refractivity contribution is 8.26. The summed E-state index contributed by atoms with van der Waals surface area (Å²) < 4.78 is 11.4. The van der Waals surface area contributed by atoms with E-state index in [0.29, 0.717) is 28.6 Å². The van der Waals surface area contributed by atoms with Gasteiger partial charge in [-0.1, -0.05) is 60.4 Å². The average molecular weight is 414 g/mol. The molecule has 2 aromatic carbocycles. The number of amides is 1. The van der Waals surface area contributed by atoms with Crippen LogP contribution in [-0.2, 0) is 16.2 Å². The van der Waals surface area contributed by atoms with Crippen molar-refractivity contribution in [3.63, 3.8) is 0 Å². The van der Waals surface area contributed by atoms with Gasteiger partial charge in [0.05, 0.1) is 24.5 Å². The van der Waals surface area contributed by atoms with Crippen LogP contribution >= 0.6 is 24.0 Å². The number of carboxylic acid groups (broad SMARTS) is 1. The van der Waals surface area contributed by atoms with Crippen molar-refractivity contribution in [2.75, 3.05) is 13.7 Å². The molecule has 28 heavy (non-hydrogen) atoms. The fraction of sp³-hybridized carbons (Fsp3) is 0.150. The Labute approximate surface area is 171 Å². The molecule has 0 radical (unpaired) electrons. The number of hydrogen-bond donors (Lipinski definition) is 0. The molecule has 1 saturated heterocycles. The van der Waals surface area contributed by atoms with E-state index in [1.54, 1.807) is 31.4 Å². The highest BCUT2D eigenvalue weighted by Crippen LogP contribution is 2.34. The van der Waals surface area contributed by atoms with Crippen molar-refractivity contribution >= 4 is 46.3 Å². The zero-order valence-corrected chi connectivity index (χ0v) is 16.5. The Hall–Kier alpha value is -2.84. The second kappa shape index (κ2) is 8.90. The topological polar surface area (TPSA) is 78.9 Å². The summed E-state index contributed by atoms with van der Waals surface area (Å²) in [5, 5.41) is 10.8. The molecular weight excluding hydrogens is 398 g/mol. The smallest absolute Gasteiger partial charge is 0.266 e. The minimum atomic E-state index is -1.36. The van der Waals surface area contributed by atoms with Crippen LogP contribution < -0.4 is 14.6 Å². The summed E-state index contributed by atoms with van der Waals surface area (Å²) in [5.74, 6) is -0.719. The summed E-state index contributed by atoms with van der Waals surface area (Å²) >= 11 is 6.13. The number of methoxy groups -OCH3 is 1. The Morgan fingerprint density at radius 1 is 1.21 bits per heavy atom. The van der Waals surface area contributed by atoms with Crippen LogP contribution in [0.1, 0.15) is 11.1 Å². The maximum Gasteiger partial charge on any atom is 0.266 e. The van der Waals surface area contributed by atoms with Gasteiger partial charge in [0.1, 0.15) is 10.9 Å². The van der Waals surface area contributed by atoms with E-state index in [-0.39, 0.29) is 4.32 Å². The van der Waals surface area contributed by atoms with E-state index in [9.17, 15) is 14.7 Å². The van der Waals surface area contributed by atoms with E-state index in [1.807, 2.05) is 30.3 Å². The first-order chi connectivity index (χ1) is 13.5. The molecule has 2 aromatic rings. The van der Waals surface area contributed by atoms with Crippen molar-refractivity contribution in [3.05, 3.63) is 64.6 Å². The lowest BCUT2D eigenvalue weighted by Crippen LogP contribution is -2.40. The predicted molar refractivity (Wildman–Crippen MR) is 109 cm³/mol. The Kier molecular flexibility index (Phi) is 6.33. The molecule has 0 saturated carbocycles. The fourth-order valence-corrected chi connectivity index (χ4v) is 3.80. The average Bonchev–Trinajstić information content (AvgIpc) is 2.94. The van der Waals surface area contributed by atoms with Crippen LogP contribution in [-0.4, -0.2) is 34.8 Å². The van der Waals surface area contributed by atoms with E-state index < -0.39 is 18.4 Å². The molecule has 1 fully saturated rings. The number of aliphatic carboxylic acids is 1. The molecule has 0 bridgehead atoms. The molecule has 0 spiro atoms. The summed E-state index contributed by atoms with van der Waals surface area (Å²) in [4.78, 5) is 24.5. The molecule has 1 amide bonds. The number of benzene rings is 2. The molecule has 0 N–H and O–H groups in total. The second-order valence-corrected chi connectivity index (χ2v) is 7.50. The number of thiocarbonyl (C=S) groups is 1. The van der Waals surface area contributed by atoms with Crippen LogP contribution in [0.3, 0.4) is 0 Å². The summed E-state index contributed by atoms with van der Waals surface area (Å²) in [6.45, 7) is -0.190. The van der Waals surface area contributed by atoms with Crippen molar-refractivity contribution in [2.45, 2.75) is 6.61 Å². The lowest BCUT2D eigenvalue weighted by atomic mass is 10.1. The second-order valence-electron chi connectivity index (χ2n) is 5.82. The van der Waals surface area contributed by atoms with Gasteiger partial charge in [-0.2, -0.15) is 0 Å². The number of carboxylic acids is 1. The molecule has 0 aliphatic carbocycles. The summed E-state index contributed by atoms with van der Waals surface area (Å²) in [6.07, 6.45) is 1.64. The number of carbonyl (C=O) groups is 2. The van der Waals surface area contributed by atoms with Gasteiger partial charge in [-0.15, -0.1) is 0 Å². The Bertz CT molecular complexity index is 943. The number of nitrogens with zero attached hydrogens (tertiary/aromatic N) is 1. The van der Waals surface area contributed by atoms with Crippen molar-refractivity contribution in [1.82, 2.24) is 4.90 Å². The van der Waals surface area contributed by atoms with Gasteiger partial charge in [0.2, 0.25) is 0 Å². The quantitative estimate of drug-likeness (QED) is 0.508. The van der Waals surface area contributed by atoms with Crippen molar-refractivity contribution < 1.29 is 24.2 Å². The maximum absolute atomic E-state index is 12.4. The van der Waals surface area contributed by atoms with Gasteiger partial charge in [0.25, 0.3) is 5.91 Å². The summed E-state index contributed by atoms with van der Waals surface area (Å²) in [5.41, 5.74) is 1.72. The molecular formula is C20H16NO5S2-. The number of thioether (sulfide) groups is 1. The van der Waals surface area contributed by atoms with Gasteiger partial charge in [-0.25, -0.2) is 0 Å². The van der Waals surface area contributed by atoms with Gasteiger partial charge in [-0.05, 0) is 29.3 Å².